The molecular formula is C21H24N4O. The predicted molar refractivity (Wildman–Crippen MR) is 101 cm³/mol. The lowest BCUT2D eigenvalue weighted by atomic mass is 10.1. The lowest BCUT2D eigenvalue weighted by Gasteiger charge is -2.22. The van der Waals surface area contributed by atoms with Crippen molar-refractivity contribution in [1.82, 2.24) is 14.8 Å². The van der Waals surface area contributed by atoms with Crippen LogP contribution in [0.4, 0.5) is 0 Å². The fourth-order valence-corrected chi connectivity index (χ4v) is 3.42. The van der Waals surface area contributed by atoms with E-state index in [4.69, 9.17) is 5.26 Å². The summed E-state index contributed by atoms with van der Waals surface area (Å²) in [6, 6.07) is 13.6. The van der Waals surface area contributed by atoms with Gasteiger partial charge in [0.15, 0.2) is 0 Å². The molecule has 0 atom stereocenters. The predicted octanol–water partition coefficient (Wildman–Crippen LogP) is 2.92. The Kier molecular flexibility index (Phi) is 5.65. The van der Waals surface area contributed by atoms with Crippen molar-refractivity contribution >= 4 is 5.91 Å². The van der Waals surface area contributed by atoms with Crippen molar-refractivity contribution in [2.24, 2.45) is 0 Å². The summed E-state index contributed by atoms with van der Waals surface area (Å²) in [6.07, 6.45) is 0.963. The molecule has 5 heteroatoms. The lowest BCUT2D eigenvalue weighted by Crippen LogP contribution is -2.35. The third-order valence-electron chi connectivity index (χ3n) is 4.69. The van der Waals surface area contributed by atoms with Gasteiger partial charge in [0.2, 0.25) is 0 Å². The minimum atomic E-state index is 0.0961. The van der Waals surface area contributed by atoms with Crippen LogP contribution in [-0.4, -0.2) is 46.9 Å². The smallest absolute Gasteiger partial charge is 0.254 e. The van der Waals surface area contributed by atoms with Gasteiger partial charge in [0.25, 0.3) is 5.91 Å². The van der Waals surface area contributed by atoms with E-state index in [9.17, 15) is 4.79 Å². The Labute approximate surface area is 154 Å². The molecule has 0 bridgehead atoms. The van der Waals surface area contributed by atoms with Crippen molar-refractivity contribution in [1.29, 1.82) is 5.26 Å². The van der Waals surface area contributed by atoms with Crippen LogP contribution in [0.5, 0.6) is 0 Å². The fraction of sp³-hybridized carbons (Fsp3) is 0.381. The van der Waals surface area contributed by atoms with E-state index in [0.717, 1.165) is 56.1 Å². The summed E-state index contributed by atoms with van der Waals surface area (Å²) in [5, 5.41) is 8.89. The summed E-state index contributed by atoms with van der Waals surface area (Å²) in [5.74, 6) is 0.0961. The molecule has 0 radical (unpaired) electrons. The first-order valence-corrected chi connectivity index (χ1v) is 9.01. The molecule has 0 aliphatic carbocycles. The molecule has 0 N–H and O–H groups in total. The van der Waals surface area contributed by atoms with E-state index in [2.05, 4.69) is 16.0 Å². The molecule has 0 saturated carbocycles. The number of nitrogens with zero attached hydrogens (tertiary/aromatic N) is 4. The highest BCUT2D eigenvalue weighted by Crippen LogP contribution is 2.14. The molecule has 3 rings (SSSR count). The summed E-state index contributed by atoms with van der Waals surface area (Å²) < 4.78 is 0. The maximum atomic E-state index is 12.8. The minimum Gasteiger partial charge on any atom is -0.337 e. The number of carbonyl (C=O) groups is 1. The van der Waals surface area contributed by atoms with Gasteiger partial charge in [-0.2, -0.15) is 5.26 Å². The summed E-state index contributed by atoms with van der Waals surface area (Å²) >= 11 is 0. The number of amides is 1. The maximum Gasteiger partial charge on any atom is 0.254 e. The fourth-order valence-electron chi connectivity index (χ4n) is 3.42. The highest BCUT2D eigenvalue weighted by molar-refractivity contribution is 5.94. The molecule has 0 spiro atoms. The molecular weight excluding hydrogens is 324 g/mol. The summed E-state index contributed by atoms with van der Waals surface area (Å²) in [4.78, 5) is 21.5. The van der Waals surface area contributed by atoms with Gasteiger partial charge in [0.05, 0.1) is 11.6 Å². The first-order chi connectivity index (χ1) is 12.5. The highest BCUT2D eigenvalue weighted by Gasteiger charge is 2.21. The Bertz CT molecular complexity index is 803. The van der Waals surface area contributed by atoms with Crippen LogP contribution in [0, 0.1) is 25.2 Å². The number of aryl methyl sites for hydroxylation is 2. The SMILES string of the molecule is Cc1cc(C(=O)N2CCCN(Cc3ccc(C#N)cc3)CC2)cc(C)n1. The standard InChI is InChI=1S/C21H24N4O/c1-16-12-20(13-17(2)23-16)21(26)25-9-3-8-24(10-11-25)15-19-6-4-18(14-22)5-7-19/h4-7,12-13H,3,8-11,15H2,1-2H3. The molecule has 1 aromatic heterocycles. The number of rotatable bonds is 3. The Morgan fingerprint density at radius 3 is 2.42 bits per heavy atom. The van der Waals surface area contributed by atoms with Crippen LogP contribution < -0.4 is 0 Å². The zero-order valence-electron chi connectivity index (χ0n) is 15.4. The zero-order valence-corrected chi connectivity index (χ0v) is 15.4. The molecule has 1 fully saturated rings. The van der Waals surface area contributed by atoms with E-state index in [1.807, 2.05) is 55.1 Å². The van der Waals surface area contributed by atoms with Crippen LogP contribution in [0.25, 0.3) is 0 Å². The molecule has 26 heavy (non-hydrogen) atoms. The van der Waals surface area contributed by atoms with Gasteiger partial charge in [0, 0.05) is 49.7 Å². The van der Waals surface area contributed by atoms with Gasteiger partial charge in [-0.25, -0.2) is 0 Å². The van der Waals surface area contributed by atoms with E-state index in [0.29, 0.717) is 5.56 Å². The van der Waals surface area contributed by atoms with E-state index in [-0.39, 0.29) is 5.91 Å². The Hall–Kier alpha value is -2.71. The van der Waals surface area contributed by atoms with Crippen molar-refractivity contribution in [2.45, 2.75) is 26.8 Å². The lowest BCUT2D eigenvalue weighted by molar-refractivity contribution is 0.0760. The van der Waals surface area contributed by atoms with Crippen molar-refractivity contribution in [3.05, 3.63) is 64.5 Å². The Morgan fingerprint density at radius 1 is 1.08 bits per heavy atom. The third kappa shape index (κ3) is 4.47. The normalized spacial score (nSPS) is 15.3. The number of aromatic nitrogens is 1. The third-order valence-corrected chi connectivity index (χ3v) is 4.69. The van der Waals surface area contributed by atoms with Gasteiger partial charge in [-0.05, 0) is 50.1 Å². The monoisotopic (exact) mass is 348 g/mol. The largest absolute Gasteiger partial charge is 0.337 e. The molecule has 1 saturated heterocycles. The highest BCUT2D eigenvalue weighted by atomic mass is 16.2. The first kappa shape index (κ1) is 18.1. The van der Waals surface area contributed by atoms with Crippen LogP contribution in [0.15, 0.2) is 36.4 Å². The molecule has 2 heterocycles. The van der Waals surface area contributed by atoms with Gasteiger partial charge >= 0.3 is 0 Å². The number of carbonyl (C=O) groups excluding carboxylic acids is 1. The minimum absolute atomic E-state index is 0.0961. The van der Waals surface area contributed by atoms with Gasteiger partial charge in [0.1, 0.15) is 0 Å². The summed E-state index contributed by atoms with van der Waals surface area (Å²) in [6.45, 7) is 8.03. The van der Waals surface area contributed by atoms with Crippen LogP contribution >= 0.6 is 0 Å². The molecule has 1 aliphatic heterocycles. The topological polar surface area (TPSA) is 60.2 Å². The maximum absolute atomic E-state index is 12.8. The van der Waals surface area contributed by atoms with Crippen molar-refractivity contribution in [2.75, 3.05) is 26.2 Å². The quantitative estimate of drug-likeness (QED) is 0.856. The van der Waals surface area contributed by atoms with Crippen molar-refractivity contribution in [3.63, 3.8) is 0 Å². The van der Waals surface area contributed by atoms with Gasteiger partial charge in [-0.1, -0.05) is 12.1 Å². The second-order valence-electron chi connectivity index (χ2n) is 6.87. The first-order valence-electron chi connectivity index (χ1n) is 9.01. The van der Waals surface area contributed by atoms with Crippen molar-refractivity contribution in [3.8, 4) is 6.07 Å². The number of pyridine rings is 1. The molecule has 1 aromatic carbocycles. The second kappa shape index (κ2) is 8.11. The number of nitriles is 1. The Morgan fingerprint density at radius 2 is 1.77 bits per heavy atom. The molecule has 2 aromatic rings. The van der Waals surface area contributed by atoms with E-state index >= 15 is 0 Å². The molecule has 134 valence electrons. The second-order valence-corrected chi connectivity index (χ2v) is 6.87. The zero-order chi connectivity index (χ0) is 18.5. The van der Waals surface area contributed by atoms with Gasteiger partial charge in [-0.3, -0.25) is 14.7 Å². The Balaban J connectivity index is 1.62. The number of hydrogen-bond acceptors (Lipinski definition) is 4. The average molecular weight is 348 g/mol. The van der Waals surface area contributed by atoms with Crippen LogP contribution in [-0.2, 0) is 6.54 Å². The van der Waals surface area contributed by atoms with E-state index in [1.54, 1.807) is 0 Å². The summed E-state index contributed by atoms with van der Waals surface area (Å²) in [5.41, 5.74) is 4.38. The van der Waals surface area contributed by atoms with Gasteiger partial charge in [-0.15, -0.1) is 0 Å². The van der Waals surface area contributed by atoms with Crippen LogP contribution in [0.1, 0.15) is 39.3 Å². The number of hydrogen-bond donors (Lipinski definition) is 0. The van der Waals surface area contributed by atoms with Crippen LogP contribution in [0.2, 0.25) is 0 Å². The molecule has 1 aliphatic rings. The molecule has 5 nitrogen and oxygen atoms in total. The molecule has 1 amide bonds. The van der Waals surface area contributed by atoms with E-state index in [1.165, 1.54) is 5.56 Å². The number of benzene rings is 1. The average Bonchev–Trinajstić information content (AvgIpc) is 2.86. The van der Waals surface area contributed by atoms with Crippen molar-refractivity contribution < 1.29 is 4.79 Å². The summed E-state index contributed by atoms with van der Waals surface area (Å²) in [7, 11) is 0. The molecule has 0 unspecified atom stereocenters. The van der Waals surface area contributed by atoms with Gasteiger partial charge < -0.3 is 4.90 Å². The van der Waals surface area contributed by atoms with Crippen LogP contribution in [0.3, 0.4) is 0 Å². The van der Waals surface area contributed by atoms with E-state index < -0.39 is 0 Å².